The molecule has 0 spiro atoms. The summed E-state index contributed by atoms with van der Waals surface area (Å²) in [6.07, 6.45) is 0. The van der Waals surface area contributed by atoms with E-state index in [9.17, 15) is 4.79 Å². The lowest BCUT2D eigenvalue weighted by Crippen LogP contribution is -1.96. The first-order chi connectivity index (χ1) is 6.02. The Labute approximate surface area is 84.6 Å². The Hall–Kier alpha value is -0.760. The summed E-state index contributed by atoms with van der Waals surface area (Å²) in [7, 11) is 0. The molecule has 1 aromatic rings. The van der Waals surface area contributed by atoms with E-state index < -0.39 is 0 Å². The van der Waals surface area contributed by atoms with Crippen LogP contribution in [-0.4, -0.2) is 5.12 Å². The van der Waals surface area contributed by atoms with E-state index in [4.69, 9.17) is 0 Å². The Kier molecular flexibility index (Phi) is 3.15. The number of aryl methyl sites for hydroxylation is 1. The van der Waals surface area contributed by atoms with Gasteiger partial charge in [0.2, 0.25) is 5.12 Å². The maximum absolute atomic E-state index is 11.1. The molecule has 0 radical (unpaired) electrons. The normalized spacial score (nSPS) is 10.5. The lowest BCUT2D eigenvalue weighted by atomic mass is 9.98. The van der Waals surface area contributed by atoms with Gasteiger partial charge < -0.3 is 0 Å². The number of benzene rings is 1. The molecule has 0 amide bonds. The largest absolute Gasteiger partial charge is 0.282 e. The van der Waals surface area contributed by atoms with Gasteiger partial charge in [0.15, 0.2) is 0 Å². The summed E-state index contributed by atoms with van der Waals surface area (Å²) in [6, 6.07) is 5.95. The minimum Gasteiger partial charge on any atom is -0.282 e. The molecule has 1 aromatic carbocycles. The van der Waals surface area contributed by atoms with Crippen molar-refractivity contribution in [1.29, 1.82) is 0 Å². The summed E-state index contributed by atoms with van der Waals surface area (Å²) in [4.78, 5) is 11.1. The smallest absolute Gasteiger partial charge is 0.216 e. The molecule has 1 rings (SSSR count). The fraction of sp³-hybridized carbons (Fsp3) is 0.364. The minimum atomic E-state index is -0.153. The lowest BCUT2D eigenvalue weighted by Gasteiger charge is -2.08. The van der Waals surface area contributed by atoms with Crippen LogP contribution in [0.5, 0.6) is 0 Å². The molecule has 0 atom stereocenters. The Morgan fingerprint density at radius 2 is 2.00 bits per heavy atom. The van der Waals surface area contributed by atoms with Gasteiger partial charge in [-0.15, -0.1) is 12.6 Å². The molecule has 0 saturated heterocycles. The van der Waals surface area contributed by atoms with Gasteiger partial charge in [-0.05, 0) is 30.0 Å². The SMILES string of the molecule is Cc1ccc(C(C)C)cc1C(=O)S. The van der Waals surface area contributed by atoms with E-state index in [-0.39, 0.29) is 5.12 Å². The molecule has 0 bridgehead atoms. The summed E-state index contributed by atoms with van der Waals surface area (Å²) in [5, 5.41) is -0.153. The quantitative estimate of drug-likeness (QED) is 0.715. The summed E-state index contributed by atoms with van der Waals surface area (Å²) in [5.41, 5.74) is 2.89. The summed E-state index contributed by atoms with van der Waals surface area (Å²) in [6.45, 7) is 6.14. The second-order valence-electron chi connectivity index (χ2n) is 3.53. The number of rotatable bonds is 2. The highest BCUT2D eigenvalue weighted by Gasteiger charge is 2.07. The van der Waals surface area contributed by atoms with Crippen LogP contribution in [0, 0.1) is 6.92 Å². The van der Waals surface area contributed by atoms with Crippen molar-refractivity contribution in [2.45, 2.75) is 26.7 Å². The first-order valence-electron chi connectivity index (χ1n) is 4.36. The number of thiol groups is 1. The van der Waals surface area contributed by atoms with Gasteiger partial charge in [0, 0.05) is 5.56 Å². The second kappa shape index (κ2) is 3.97. The Bertz CT molecular complexity index is 329. The molecule has 0 saturated carbocycles. The third-order valence-electron chi connectivity index (χ3n) is 2.16. The van der Waals surface area contributed by atoms with Gasteiger partial charge in [-0.2, -0.15) is 0 Å². The second-order valence-corrected chi connectivity index (χ2v) is 3.94. The molecular formula is C11H14OS. The van der Waals surface area contributed by atoms with Crippen molar-refractivity contribution in [2.75, 3.05) is 0 Å². The molecule has 0 aromatic heterocycles. The van der Waals surface area contributed by atoms with Crippen molar-refractivity contribution in [1.82, 2.24) is 0 Å². The first kappa shape index (κ1) is 10.3. The highest BCUT2D eigenvalue weighted by Crippen LogP contribution is 2.19. The van der Waals surface area contributed by atoms with E-state index in [0.29, 0.717) is 5.92 Å². The average Bonchev–Trinajstić information content (AvgIpc) is 2.04. The number of carbonyl (C=O) groups excluding carboxylic acids is 1. The summed E-state index contributed by atoms with van der Waals surface area (Å²) < 4.78 is 0. The molecular weight excluding hydrogens is 180 g/mol. The number of hydrogen-bond donors (Lipinski definition) is 1. The fourth-order valence-electron chi connectivity index (χ4n) is 1.23. The van der Waals surface area contributed by atoms with Crippen LogP contribution >= 0.6 is 12.6 Å². The van der Waals surface area contributed by atoms with Gasteiger partial charge in [-0.3, -0.25) is 4.79 Å². The zero-order valence-electron chi connectivity index (χ0n) is 8.16. The van der Waals surface area contributed by atoms with Gasteiger partial charge in [-0.25, -0.2) is 0 Å². The Morgan fingerprint density at radius 3 is 2.46 bits per heavy atom. The number of carbonyl (C=O) groups is 1. The van der Waals surface area contributed by atoms with Crippen LogP contribution in [0.1, 0.15) is 41.3 Å². The highest BCUT2D eigenvalue weighted by atomic mass is 32.1. The van der Waals surface area contributed by atoms with Crippen LogP contribution in [-0.2, 0) is 0 Å². The lowest BCUT2D eigenvalue weighted by molar-refractivity contribution is 0.109. The molecule has 2 heteroatoms. The van der Waals surface area contributed by atoms with Crippen LogP contribution in [0.25, 0.3) is 0 Å². The number of hydrogen-bond acceptors (Lipinski definition) is 1. The molecule has 0 aliphatic carbocycles. The zero-order chi connectivity index (χ0) is 10.0. The van der Waals surface area contributed by atoms with Crippen molar-refractivity contribution < 1.29 is 4.79 Å². The van der Waals surface area contributed by atoms with Gasteiger partial charge in [-0.1, -0.05) is 26.0 Å². The van der Waals surface area contributed by atoms with E-state index >= 15 is 0 Å². The summed E-state index contributed by atoms with van der Waals surface area (Å²) >= 11 is 3.83. The molecule has 0 unspecified atom stereocenters. The van der Waals surface area contributed by atoms with Crippen LogP contribution in [0.2, 0.25) is 0 Å². The predicted octanol–water partition coefficient (Wildman–Crippen LogP) is 3.19. The van der Waals surface area contributed by atoms with E-state index in [1.165, 1.54) is 5.56 Å². The molecule has 0 aliphatic heterocycles. The molecule has 70 valence electrons. The van der Waals surface area contributed by atoms with Crippen LogP contribution in [0.15, 0.2) is 18.2 Å². The van der Waals surface area contributed by atoms with E-state index in [1.807, 2.05) is 19.1 Å². The van der Waals surface area contributed by atoms with E-state index in [1.54, 1.807) is 0 Å². The topological polar surface area (TPSA) is 17.1 Å². The van der Waals surface area contributed by atoms with Crippen LogP contribution < -0.4 is 0 Å². The maximum Gasteiger partial charge on any atom is 0.216 e. The predicted molar refractivity (Wildman–Crippen MR) is 58.6 cm³/mol. The molecule has 1 nitrogen and oxygen atoms in total. The fourth-order valence-corrected chi connectivity index (χ4v) is 1.47. The maximum atomic E-state index is 11.1. The minimum absolute atomic E-state index is 0.153. The third kappa shape index (κ3) is 2.34. The van der Waals surface area contributed by atoms with Gasteiger partial charge >= 0.3 is 0 Å². The molecule has 0 N–H and O–H groups in total. The van der Waals surface area contributed by atoms with Crippen molar-refractivity contribution in [3.05, 3.63) is 34.9 Å². The summed E-state index contributed by atoms with van der Waals surface area (Å²) in [5.74, 6) is 0.451. The van der Waals surface area contributed by atoms with Crippen molar-refractivity contribution in [3.8, 4) is 0 Å². The monoisotopic (exact) mass is 194 g/mol. The van der Waals surface area contributed by atoms with E-state index in [2.05, 4.69) is 32.5 Å². The first-order valence-corrected chi connectivity index (χ1v) is 4.81. The van der Waals surface area contributed by atoms with Crippen molar-refractivity contribution in [3.63, 3.8) is 0 Å². The Balaban J connectivity index is 3.19. The standard InChI is InChI=1S/C11H14OS/c1-7(2)9-5-4-8(3)10(6-9)11(12)13/h4-7H,1-3H3,(H,12,13). The van der Waals surface area contributed by atoms with Gasteiger partial charge in [0.05, 0.1) is 0 Å². The molecule has 0 heterocycles. The Morgan fingerprint density at radius 1 is 1.38 bits per heavy atom. The highest BCUT2D eigenvalue weighted by molar-refractivity contribution is 7.97. The van der Waals surface area contributed by atoms with Gasteiger partial charge in [0.25, 0.3) is 0 Å². The van der Waals surface area contributed by atoms with Crippen molar-refractivity contribution >= 4 is 17.7 Å². The molecule has 0 aliphatic rings. The van der Waals surface area contributed by atoms with Crippen LogP contribution in [0.3, 0.4) is 0 Å². The average molecular weight is 194 g/mol. The molecule has 13 heavy (non-hydrogen) atoms. The molecule has 0 fully saturated rings. The van der Waals surface area contributed by atoms with Gasteiger partial charge in [0.1, 0.15) is 0 Å². The third-order valence-corrected chi connectivity index (χ3v) is 2.40. The van der Waals surface area contributed by atoms with Crippen molar-refractivity contribution in [2.24, 2.45) is 0 Å². The van der Waals surface area contributed by atoms with E-state index in [0.717, 1.165) is 11.1 Å². The zero-order valence-corrected chi connectivity index (χ0v) is 9.06. The van der Waals surface area contributed by atoms with Crippen LogP contribution in [0.4, 0.5) is 0 Å².